The van der Waals surface area contributed by atoms with Crippen LogP contribution in [-0.4, -0.2) is 232 Å². The van der Waals surface area contributed by atoms with Crippen molar-refractivity contribution in [1.82, 2.24) is 79.4 Å². The van der Waals surface area contributed by atoms with E-state index in [4.69, 9.17) is 22.3 Å². The number of benzene rings is 1. The molecular formula is C62H98N18O20S. The number of aliphatic carboxylic acids is 1. The molecule has 0 saturated heterocycles. The number of carboxylic acid groups (broad SMARTS) is 1. The lowest BCUT2D eigenvalue weighted by Gasteiger charge is -2.28. The molecular weight excluding hydrogens is 1350 g/mol. The molecule has 0 saturated carbocycles. The predicted molar refractivity (Wildman–Crippen MR) is 363 cm³/mol. The summed E-state index contributed by atoms with van der Waals surface area (Å²) in [6.45, 7) is 9.62. The number of para-hydroxylation sites is 1. The van der Waals surface area contributed by atoms with Gasteiger partial charge in [-0.2, -0.15) is 12.6 Å². The van der Waals surface area contributed by atoms with E-state index in [9.17, 15) is 91.7 Å². The van der Waals surface area contributed by atoms with Crippen molar-refractivity contribution in [3.05, 3.63) is 36.0 Å². The monoisotopic (exact) mass is 1450 g/mol. The number of hydrogen-bond acceptors (Lipinski definition) is 21. The van der Waals surface area contributed by atoms with Gasteiger partial charge >= 0.3 is 5.97 Å². The first-order valence-electron chi connectivity index (χ1n) is 32.3. The number of nitrogens with one attached hydrogen (secondary N) is 15. The number of rotatable bonds is 45. The average molecular weight is 1450 g/mol. The minimum atomic E-state index is -1.75. The van der Waals surface area contributed by atoms with Gasteiger partial charge in [-0.1, -0.05) is 73.6 Å². The van der Waals surface area contributed by atoms with Crippen molar-refractivity contribution in [2.75, 3.05) is 45.1 Å². The van der Waals surface area contributed by atoms with E-state index >= 15 is 0 Å². The highest BCUT2D eigenvalue weighted by Crippen LogP contribution is 2.20. The molecule has 11 atom stereocenters. The lowest BCUT2D eigenvalue weighted by Crippen LogP contribution is -2.61. The zero-order valence-electron chi connectivity index (χ0n) is 57.7. The van der Waals surface area contributed by atoms with E-state index in [0.29, 0.717) is 16.5 Å². The van der Waals surface area contributed by atoms with E-state index < -0.39 is 231 Å². The van der Waals surface area contributed by atoms with Crippen molar-refractivity contribution in [1.29, 1.82) is 0 Å². The number of primary amides is 2. The molecule has 0 spiro atoms. The summed E-state index contributed by atoms with van der Waals surface area (Å²) >= 11 is 4.14. The Morgan fingerprint density at radius 1 is 0.436 bits per heavy atom. The summed E-state index contributed by atoms with van der Waals surface area (Å²) in [6.07, 6.45) is -0.0118. The number of amides is 16. The molecule has 0 bridgehead atoms. The Kier molecular flexibility index (Phi) is 37.5. The highest BCUT2D eigenvalue weighted by atomic mass is 32.1. The second kappa shape index (κ2) is 43.5. The Bertz CT molecular complexity index is 3280. The highest BCUT2D eigenvalue weighted by Gasteiger charge is 2.37. The maximum Gasteiger partial charge on any atom is 0.322 e. The number of fused-ring (bicyclic) bond motifs is 1. The summed E-state index contributed by atoms with van der Waals surface area (Å²) in [5, 5.41) is 63.0. The van der Waals surface area contributed by atoms with E-state index in [1.165, 1.54) is 20.8 Å². The molecule has 1 heterocycles. The van der Waals surface area contributed by atoms with E-state index in [1.54, 1.807) is 72.0 Å². The van der Waals surface area contributed by atoms with E-state index in [2.05, 4.69) is 86.7 Å². The first-order chi connectivity index (χ1) is 47.3. The van der Waals surface area contributed by atoms with E-state index in [1.807, 2.05) is 5.32 Å². The van der Waals surface area contributed by atoms with E-state index in [0.717, 1.165) is 0 Å². The van der Waals surface area contributed by atoms with Crippen molar-refractivity contribution in [2.24, 2.45) is 40.9 Å². The fourth-order valence-corrected chi connectivity index (χ4v) is 9.93. The third kappa shape index (κ3) is 31.4. The molecule has 0 aliphatic heterocycles. The minimum absolute atomic E-state index is 0.0185. The molecule has 38 nitrogen and oxygen atoms in total. The van der Waals surface area contributed by atoms with Crippen LogP contribution in [0.1, 0.15) is 100.0 Å². The van der Waals surface area contributed by atoms with Crippen LogP contribution in [0.15, 0.2) is 30.5 Å². The first-order valence-corrected chi connectivity index (χ1v) is 33.0. The largest absolute Gasteiger partial charge is 0.480 e. The van der Waals surface area contributed by atoms with Crippen LogP contribution in [0.5, 0.6) is 0 Å². The Balaban J connectivity index is 2.25. The number of hydrogen-bond donors (Lipinski definition) is 22. The standard InChI is InChI=1S/C62H98N18O20S/c1-28(2)14-36(57(95)75-37(15-29(3)4)56(94)70-32(9)52(90)74-40(18-45(64)83)54(92)69-24-50(88)89)72-48(86)22-67-53(91)39(17-33-21-66-35-13-11-10-12-34(33)35)73-49(87)23-68-55(93)42(25-81)78-62(100)51(31(7)8)80-59(97)38(16-30(5)6)76-61(99)44(27-101)79-60(98)43(26-82)77-58(96)41(19-46(65)84)71-47(85)20-63/h10-13,21,28-32,36-44,51,66,81-82,101H,14-20,22-27,63H2,1-9H3,(H2,64,83)(H2,65,84)(H,67,91)(H,68,93)(H,69,92)(H,70,94)(H,71,85)(H,72,86)(H,73,87)(H,74,90)(H,75,95)(H,76,99)(H,77,96)(H,78,100)(H,79,98)(H,80,97)(H,88,89)/t32-,36-,37-,38-,39-,40-,41-,42-,43-,44-,51-/m0/s1. The van der Waals surface area contributed by atoms with Gasteiger partial charge in [-0.05, 0) is 61.5 Å². The minimum Gasteiger partial charge on any atom is -0.480 e. The number of carboxylic acids is 1. The van der Waals surface area contributed by atoms with E-state index in [-0.39, 0.29) is 43.4 Å². The second-order valence-corrected chi connectivity index (χ2v) is 25.6. The van der Waals surface area contributed by atoms with Crippen LogP contribution in [0.3, 0.4) is 0 Å². The Hall–Kier alpha value is -10.0. The number of aromatic amines is 1. The summed E-state index contributed by atoms with van der Waals surface area (Å²) in [7, 11) is 0. The molecule has 0 radical (unpaired) electrons. The van der Waals surface area contributed by atoms with Gasteiger partial charge in [0.15, 0.2) is 0 Å². The second-order valence-electron chi connectivity index (χ2n) is 25.3. The molecule has 1 aromatic carbocycles. The number of carbonyl (C=O) groups is 17. The fraction of sp³-hybridized carbons (Fsp3) is 0.597. The molecule has 0 fully saturated rings. The van der Waals surface area contributed by atoms with Crippen molar-refractivity contribution >= 4 is 124 Å². The van der Waals surface area contributed by atoms with Crippen LogP contribution in [0, 0.1) is 23.7 Å². The van der Waals surface area contributed by atoms with Gasteiger partial charge in [0.2, 0.25) is 94.5 Å². The number of nitrogens with two attached hydrogens (primary N) is 3. The number of aromatic nitrogens is 1. The molecule has 562 valence electrons. The van der Waals surface area contributed by atoms with Gasteiger partial charge in [0.25, 0.3) is 0 Å². The summed E-state index contributed by atoms with van der Waals surface area (Å²) in [6, 6.07) is -9.49. The number of aliphatic hydroxyl groups excluding tert-OH is 2. The molecule has 1 aromatic heterocycles. The Labute approximate surface area is 587 Å². The third-order valence-electron chi connectivity index (χ3n) is 14.8. The highest BCUT2D eigenvalue weighted by molar-refractivity contribution is 7.80. The van der Waals surface area contributed by atoms with Crippen LogP contribution in [0.2, 0.25) is 0 Å². The molecule has 16 amide bonds. The normalized spacial score (nSPS) is 14.4. The lowest BCUT2D eigenvalue weighted by molar-refractivity contribution is -0.139. The van der Waals surface area contributed by atoms with Gasteiger partial charge in [-0.3, -0.25) is 81.5 Å². The molecule has 24 N–H and O–H groups in total. The van der Waals surface area contributed by atoms with Crippen LogP contribution in [0.25, 0.3) is 10.9 Å². The average Bonchev–Trinajstić information content (AvgIpc) is 1.82. The predicted octanol–water partition coefficient (Wildman–Crippen LogP) is -8.09. The molecule has 0 aliphatic rings. The number of thiol groups is 1. The molecule has 2 aromatic rings. The first kappa shape index (κ1) is 87.1. The van der Waals surface area contributed by atoms with Gasteiger partial charge in [0, 0.05) is 29.3 Å². The fourth-order valence-electron chi connectivity index (χ4n) is 9.67. The Morgan fingerprint density at radius 3 is 1.30 bits per heavy atom. The van der Waals surface area contributed by atoms with Gasteiger partial charge < -0.3 is 112 Å². The SMILES string of the molecule is CC(C)C[C@H](NC(=O)CNC(=O)[C@H](Cc1c[nH]c2ccccc12)NC(=O)CNC(=O)[C@H](CO)NC(=O)[C@@H](NC(=O)[C@H](CC(C)C)NC(=O)[C@H](CS)NC(=O)[C@H](CO)NC(=O)[C@H](CC(N)=O)NC(=O)CN)C(C)C)C(=O)N[C@@H](CC(C)C)C(=O)N[C@@H](C)C(=O)N[C@@H](CC(N)=O)C(=O)NCC(=O)O. The summed E-state index contributed by atoms with van der Waals surface area (Å²) < 4.78 is 0. The zero-order chi connectivity index (χ0) is 76.5. The summed E-state index contributed by atoms with van der Waals surface area (Å²) in [4.78, 5) is 225. The molecule has 0 unspecified atom stereocenters. The quantitative estimate of drug-likeness (QED) is 0.0274. The number of H-pyrrole nitrogens is 1. The van der Waals surface area contributed by atoms with Crippen LogP contribution in [0.4, 0.5) is 0 Å². The number of carbonyl (C=O) groups excluding carboxylic acids is 16. The van der Waals surface area contributed by atoms with Crippen LogP contribution < -0.4 is 91.6 Å². The van der Waals surface area contributed by atoms with Gasteiger partial charge in [0.05, 0.1) is 45.7 Å². The topological polar surface area (TPSA) is 613 Å². The van der Waals surface area contributed by atoms with Crippen molar-refractivity contribution in [3.8, 4) is 0 Å². The van der Waals surface area contributed by atoms with Crippen molar-refractivity contribution in [2.45, 2.75) is 167 Å². The van der Waals surface area contributed by atoms with Crippen molar-refractivity contribution < 1.29 is 96.8 Å². The maximum atomic E-state index is 14.1. The lowest BCUT2D eigenvalue weighted by atomic mass is 9.99. The van der Waals surface area contributed by atoms with Crippen LogP contribution >= 0.6 is 12.6 Å². The smallest absolute Gasteiger partial charge is 0.322 e. The number of aliphatic hydroxyl groups is 2. The molecule has 101 heavy (non-hydrogen) atoms. The summed E-state index contributed by atoms with van der Waals surface area (Å²) in [5.41, 5.74) is 16.9. The summed E-state index contributed by atoms with van der Waals surface area (Å²) in [5.74, 6) is -18.8. The van der Waals surface area contributed by atoms with Gasteiger partial charge in [-0.15, -0.1) is 0 Å². The maximum absolute atomic E-state index is 14.1. The zero-order valence-corrected chi connectivity index (χ0v) is 58.6. The molecule has 0 aliphatic carbocycles. The molecule has 39 heteroatoms. The molecule has 2 rings (SSSR count). The third-order valence-corrected chi connectivity index (χ3v) is 15.1. The Morgan fingerprint density at radius 2 is 0.812 bits per heavy atom. The van der Waals surface area contributed by atoms with Gasteiger partial charge in [-0.25, -0.2) is 0 Å². The van der Waals surface area contributed by atoms with Crippen molar-refractivity contribution in [3.63, 3.8) is 0 Å². The van der Waals surface area contributed by atoms with Crippen LogP contribution in [-0.2, 0) is 87.9 Å². The van der Waals surface area contributed by atoms with Gasteiger partial charge in [0.1, 0.15) is 73.0 Å².